The summed E-state index contributed by atoms with van der Waals surface area (Å²) in [4.78, 5) is 67.9. The Morgan fingerprint density at radius 2 is 1.80 bits per heavy atom. The molecule has 0 spiro atoms. The van der Waals surface area contributed by atoms with E-state index in [-0.39, 0.29) is 37.6 Å². The van der Waals surface area contributed by atoms with E-state index in [9.17, 15) is 27.6 Å². The molecule has 1 saturated heterocycles. The molecule has 0 radical (unpaired) electrons. The van der Waals surface area contributed by atoms with E-state index in [0.29, 0.717) is 48.8 Å². The highest BCUT2D eigenvalue weighted by Crippen LogP contribution is 2.46. The number of esters is 1. The summed E-state index contributed by atoms with van der Waals surface area (Å²) >= 11 is 1.48. The molecule has 13 nitrogen and oxygen atoms in total. The third-order valence-electron chi connectivity index (χ3n) is 10.4. The topological polar surface area (TPSA) is 174 Å². The number of hydrogen-bond acceptors (Lipinski definition) is 11. The van der Waals surface area contributed by atoms with Gasteiger partial charge in [-0.25, -0.2) is 18.4 Å². The molecular formula is C39H47N5O8S2. The number of rotatable bonds is 8. The zero-order valence-corrected chi connectivity index (χ0v) is 32.4. The predicted molar refractivity (Wildman–Crippen MR) is 203 cm³/mol. The van der Waals surface area contributed by atoms with Crippen molar-refractivity contribution in [1.82, 2.24) is 24.9 Å². The minimum absolute atomic E-state index is 0.0126. The predicted octanol–water partition coefficient (Wildman–Crippen LogP) is 5.06. The summed E-state index contributed by atoms with van der Waals surface area (Å²) in [6, 6.07) is 10.2. The smallest absolute Gasteiger partial charge is 0.307 e. The number of carbonyl (C=O) groups excluding carboxylic acids is 4. The molecule has 4 aliphatic rings. The van der Waals surface area contributed by atoms with E-state index in [4.69, 9.17) is 19.4 Å². The fourth-order valence-corrected chi connectivity index (χ4v) is 9.43. The van der Waals surface area contributed by atoms with Crippen molar-refractivity contribution < 1.29 is 37.1 Å². The lowest BCUT2D eigenvalue weighted by molar-refractivity contribution is -0.159. The quantitative estimate of drug-likeness (QED) is 0.233. The number of allylic oxidation sites excluding steroid dienone is 1. The third-order valence-corrected chi connectivity index (χ3v) is 13.1. The largest absolute Gasteiger partial charge is 0.471 e. The van der Waals surface area contributed by atoms with Crippen LogP contribution in [0, 0.1) is 11.8 Å². The Kier molecular flexibility index (Phi) is 10.6. The Morgan fingerprint density at radius 1 is 1.04 bits per heavy atom. The van der Waals surface area contributed by atoms with Gasteiger partial charge in [0.1, 0.15) is 29.0 Å². The van der Waals surface area contributed by atoms with E-state index < -0.39 is 68.2 Å². The Labute approximate surface area is 319 Å². The van der Waals surface area contributed by atoms with Crippen molar-refractivity contribution in [3.63, 3.8) is 0 Å². The summed E-state index contributed by atoms with van der Waals surface area (Å²) < 4.78 is 40.1. The van der Waals surface area contributed by atoms with Gasteiger partial charge in [0.2, 0.25) is 27.7 Å². The second-order valence-electron chi connectivity index (χ2n) is 15.8. The number of nitrogens with zero attached hydrogens (tertiary/aromatic N) is 3. The van der Waals surface area contributed by atoms with E-state index >= 15 is 0 Å². The van der Waals surface area contributed by atoms with Gasteiger partial charge >= 0.3 is 5.97 Å². The van der Waals surface area contributed by atoms with Gasteiger partial charge in [-0.15, -0.1) is 11.3 Å². The van der Waals surface area contributed by atoms with Gasteiger partial charge in [0.15, 0.2) is 0 Å². The van der Waals surface area contributed by atoms with Gasteiger partial charge in [0, 0.05) is 18.3 Å². The normalized spacial score (nSPS) is 27.1. The Balaban J connectivity index is 1.21. The molecule has 1 aromatic carbocycles. The Bertz CT molecular complexity index is 2060. The van der Waals surface area contributed by atoms with Crippen molar-refractivity contribution in [3.8, 4) is 16.5 Å². The van der Waals surface area contributed by atoms with Crippen molar-refractivity contribution >= 4 is 56.1 Å². The fraction of sp³-hybridized carbons (Fsp3) is 0.538. The highest BCUT2D eigenvalue weighted by Gasteiger charge is 2.62. The first kappa shape index (κ1) is 37.9. The molecule has 2 aromatic heterocycles. The van der Waals surface area contributed by atoms with Crippen LogP contribution in [0.5, 0.6) is 5.88 Å². The summed E-state index contributed by atoms with van der Waals surface area (Å²) in [5.74, 6) is -3.18. The van der Waals surface area contributed by atoms with Gasteiger partial charge in [0.05, 0.1) is 34.1 Å². The first-order chi connectivity index (χ1) is 25.7. The molecule has 0 bridgehead atoms. The number of aromatic nitrogens is 2. The van der Waals surface area contributed by atoms with E-state index in [1.807, 2.05) is 53.9 Å². The highest BCUT2D eigenvalue weighted by atomic mass is 32.2. The maximum atomic E-state index is 14.6. The number of hydrogen-bond donors (Lipinski definition) is 2. The highest BCUT2D eigenvalue weighted by molar-refractivity contribution is 7.91. The maximum absolute atomic E-state index is 14.6. The van der Waals surface area contributed by atoms with Crippen LogP contribution in [0.25, 0.3) is 21.6 Å². The molecule has 2 aliphatic carbocycles. The van der Waals surface area contributed by atoms with Crippen LogP contribution in [0.3, 0.4) is 0 Å². The van der Waals surface area contributed by atoms with Crippen LogP contribution >= 0.6 is 11.3 Å². The van der Waals surface area contributed by atoms with Gasteiger partial charge in [0.25, 0.3) is 5.91 Å². The number of thiophene rings is 1. The molecule has 4 heterocycles. The molecule has 7 rings (SSSR count). The summed E-state index contributed by atoms with van der Waals surface area (Å²) in [6.45, 7) is 5.32. The number of ether oxygens (including phenoxy) is 2. The van der Waals surface area contributed by atoms with Gasteiger partial charge in [-0.3, -0.25) is 23.9 Å². The lowest BCUT2D eigenvalue weighted by Crippen LogP contribution is -2.57. The van der Waals surface area contributed by atoms with Gasteiger partial charge in [-0.05, 0) is 82.9 Å². The summed E-state index contributed by atoms with van der Waals surface area (Å²) in [6.07, 6.45) is 7.67. The molecule has 3 amide bonds. The Hall–Kier alpha value is -4.37. The second kappa shape index (κ2) is 15.0. The third kappa shape index (κ3) is 8.46. The average molecular weight is 778 g/mol. The van der Waals surface area contributed by atoms with E-state index in [1.54, 1.807) is 20.8 Å². The van der Waals surface area contributed by atoms with Crippen molar-refractivity contribution in [2.24, 2.45) is 11.8 Å². The van der Waals surface area contributed by atoms with Crippen LogP contribution in [-0.4, -0.2) is 82.1 Å². The molecule has 5 atom stereocenters. The summed E-state index contributed by atoms with van der Waals surface area (Å²) in [5.41, 5.74) is -0.395. The zero-order valence-electron chi connectivity index (χ0n) is 30.8. The molecule has 3 aromatic rings. The molecule has 2 N–H and O–H groups in total. The van der Waals surface area contributed by atoms with E-state index in [0.717, 1.165) is 17.7 Å². The van der Waals surface area contributed by atoms with Gasteiger partial charge in [-0.1, -0.05) is 43.2 Å². The number of nitrogens with one attached hydrogen (secondary N) is 2. The zero-order chi connectivity index (χ0) is 38.3. The minimum atomic E-state index is -3.89. The first-order valence-electron chi connectivity index (χ1n) is 18.8. The van der Waals surface area contributed by atoms with Crippen molar-refractivity contribution in [1.29, 1.82) is 0 Å². The first-order valence-corrected chi connectivity index (χ1v) is 21.2. The fourth-order valence-electron chi connectivity index (χ4n) is 7.36. The van der Waals surface area contributed by atoms with Crippen LogP contribution in [0.4, 0.5) is 0 Å². The van der Waals surface area contributed by atoms with Crippen molar-refractivity contribution in [2.45, 2.75) is 114 Å². The van der Waals surface area contributed by atoms with Gasteiger partial charge in [-0.2, -0.15) is 0 Å². The summed E-state index contributed by atoms with van der Waals surface area (Å²) in [7, 11) is -3.89. The number of benzene rings is 1. The molecular weight excluding hydrogens is 731 g/mol. The maximum Gasteiger partial charge on any atom is 0.307 e. The second-order valence-corrected chi connectivity index (χ2v) is 18.7. The number of fused-ring (bicyclic) bond motifs is 3. The van der Waals surface area contributed by atoms with E-state index in [2.05, 4.69) is 10.0 Å². The number of carbonyl (C=O) groups is 4. The van der Waals surface area contributed by atoms with Crippen molar-refractivity contribution in [2.75, 3.05) is 6.54 Å². The minimum Gasteiger partial charge on any atom is -0.471 e. The van der Waals surface area contributed by atoms with Crippen molar-refractivity contribution in [3.05, 3.63) is 53.9 Å². The molecule has 288 valence electrons. The van der Waals surface area contributed by atoms with Gasteiger partial charge < -0.3 is 19.7 Å². The summed E-state index contributed by atoms with van der Waals surface area (Å²) in [5, 5.41) is 4.21. The van der Waals surface area contributed by atoms with Crippen LogP contribution in [-0.2, 0) is 33.9 Å². The number of para-hydroxylation sites is 2. The molecule has 54 heavy (non-hydrogen) atoms. The van der Waals surface area contributed by atoms with Crippen LogP contribution in [0.15, 0.2) is 53.9 Å². The molecule has 2 saturated carbocycles. The lowest BCUT2D eigenvalue weighted by atomic mass is 9.95. The van der Waals surface area contributed by atoms with Crippen LogP contribution in [0.2, 0.25) is 0 Å². The Morgan fingerprint density at radius 3 is 2.50 bits per heavy atom. The van der Waals surface area contributed by atoms with E-state index in [1.165, 1.54) is 16.2 Å². The van der Waals surface area contributed by atoms with Crippen LogP contribution in [0.1, 0.15) is 85.0 Å². The molecule has 15 heteroatoms. The standard InChI is InChI=1S/C39H47N5O8S2/c1-38(2,3)52-32(45)20-24-12-7-5-4-6-8-13-25-22-39(25,37(48)43-54(49,50)27-17-18-27)42-34(46)30-21-26(23-44(30)36(24)47)51-35-33(31-16-11-19-53-31)40-28-14-9-10-15-29(28)41-35/h8-11,13-16,19,24-27,30H,4-7,12,17-18,20-23H2,1-3H3,(H,42,46)(H,43,48)/b13-8-/t24-,25-,26-,30+,39-/m1/s1. The monoisotopic (exact) mass is 777 g/mol. The lowest BCUT2D eigenvalue weighted by Gasteiger charge is -2.30. The number of sulfonamides is 1. The molecule has 0 unspecified atom stereocenters. The number of amides is 3. The molecule has 3 fully saturated rings. The average Bonchev–Trinajstić information content (AvgIpc) is 3.97. The molecule has 2 aliphatic heterocycles. The SMILES string of the molecule is CC(C)(C)OC(=O)C[C@H]1CCCCC/C=C\[C@@H]2C[C@@]2(C(=O)NS(=O)(=O)C2CC2)NC(=O)[C@@H]2C[C@@H](Oc3nc4ccccc4nc3-c3cccs3)CN2C1=O. The van der Waals surface area contributed by atoms with Crippen LogP contribution < -0.4 is 14.8 Å².